The van der Waals surface area contributed by atoms with Gasteiger partial charge in [0, 0.05) is 19.0 Å². The van der Waals surface area contributed by atoms with Crippen molar-refractivity contribution in [3.05, 3.63) is 46.6 Å². The molecule has 1 aromatic carbocycles. The number of aromatic nitrogens is 2. The Morgan fingerprint density at radius 1 is 1.23 bits per heavy atom. The van der Waals surface area contributed by atoms with Gasteiger partial charge in [-0.05, 0) is 31.5 Å². The molecule has 3 aromatic rings. The van der Waals surface area contributed by atoms with Gasteiger partial charge in [0.15, 0.2) is 0 Å². The van der Waals surface area contributed by atoms with Gasteiger partial charge in [-0.2, -0.15) is 0 Å². The standard InChI is InChI=1S/C21H24N4O3S2/c1-5-28-21(27)18-13(2)17-19(25(4)11-16(26)22-3)23-15(24-20(17)30-18)12-29-14-9-7-6-8-10-14/h6-10H,5,11-12H2,1-4H3,(H,22,26). The SMILES string of the molecule is CCOC(=O)c1sc2nc(CSc3ccccc3)nc(N(C)CC(=O)NC)c2c1C. The number of nitrogens with zero attached hydrogens (tertiary/aromatic N) is 3. The molecular formula is C21H24N4O3S2. The van der Waals surface area contributed by atoms with Crippen LogP contribution < -0.4 is 10.2 Å². The van der Waals surface area contributed by atoms with E-state index in [0.29, 0.717) is 33.7 Å². The lowest BCUT2D eigenvalue weighted by Gasteiger charge is -2.19. The van der Waals surface area contributed by atoms with Gasteiger partial charge in [0.2, 0.25) is 5.91 Å². The highest BCUT2D eigenvalue weighted by atomic mass is 32.2. The number of rotatable bonds is 8. The lowest BCUT2D eigenvalue weighted by molar-refractivity contribution is -0.119. The van der Waals surface area contributed by atoms with E-state index in [1.807, 2.05) is 44.3 Å². The van der Waals surface area contributed by atoms with Crippen molar-refractivity contribution in [1.29, 1.82) is 0 Å². The average molecular weight is 445 g/mol. The molecule has 30 heavy (non-hydrogen) atoms. The molecule has 0 bridgehead atoms. The van der Waals surface area contributed by atoms with E-state index < -0.39 is 0 Å². The van der Waals surface area contributed by atoms with Crippen LogP contribution in [0.15, 0.2) is 35.2 Å². The van der Waals surface area contributed by atoms with Crippen LogP contribution in [0, 0.1) is 6.92 Å². The normalized spacial score (nSPS) is 10.8. The molecule has 0 radical (unpaired) electrons. The Hall–Kier alpha value is -2.65. The Morgan fingerprint density at radius 2 is 1.97 bits per heavy atom. The van der Waals surface area contributed by atoms with Crippen LogP contribution >= 0.6 is 23.1 Å². The highest BCUT2D eigenvalue weighted by molar-refractivity contribution is 7.98. The van der Waals surface area contributed by atoms with Gasteiger partial charge >= 0.3 is 5.97 Å². The van der Waals surface area contributed by atoms with E-state index in [0.717, 1.165) is 15.8 Å². The van der Waals surface area contributed by atoms with Gasteiger partial charge in [0.1, 0.15) is 21.3 Å². The summed E-state index contributed by atoms with van der Waals surface area (Å²) in [6.45, 7) is 4.10. The van der Waals surface area contributed by atoms with Gasteiger partial charge in [0.05, 0.1) is 24.3 Å². The molecule has 2 aromatic heterocycles. The molecule has 9 heteroatoms. The monoisotopic (exact) mass is 444 g/mol. The van der Waals surface area contributed by atoms with Crippen molar-refractivity contribution < 1.29 is 14.3 Å². The molecule has 0 atom stereocenters. The topological polar surface area (TPSA) is 84.4 Å². The first-order valence-corrected chi connectivity index (χ1v) is 11.3. The predicted molar refractivity (Wildman–Crippen MR) is 121 cm³/mol. The maximum Gasteiger partial charge on any atom is 0.348 e. The second-order valence-electron chi connectivity index (χ2n) is 6.55. The molecule has 0 unspecified atom stereocenters. The average Bonchev–Trinajstić information content (AvgIpc) is 3.09. The van der Waals surface area contributed by atoms with Crippen molar-refractivity contribution in [1.82, 2.24) is 15.3 Å². The van der Waals surface area contributed by atoms with Crippen molar-refractivity contribution in [3.63, 3.8) is 0 Å². The lowest BCUT2D eigenvalue weighted by Crippen LogP contribution is -2.33. The third-order valence-corrected chi connectivity index (χ3v) is 6.58. The number of esters is 1. The number of carbonyl (C=O) groups excluding carboxylic acids is 2. The van der Waals surface area contributed by atoms with E-state index in [-0.39, 0.29) is 18.4 Å². The molecule has 0 aliphatic carbocycles. The number of ether oxygens (including phenoxy) is 1. The molecular weight excluding hydrogens is 420 g/mol. The Kier molecular flexibility index (Phi) is 7.28. The summed E-state index contributed by atoms with van der Waals surface area (Å²) in [6, 6.07) is 10.0. The maximum atomic E-state index is 12.4. The van der Waals surface area contributed by atoms with Crippen LogP contribution in [0.3, 0.4) is 0 Å². The summed E-state index contributed by atoms with van der Waals surface area (Å²) in [5, 5.41) is 3.41. The lowest BCUT2D eigenvalue weighted by atomic mass is 10.2. The number of thioether (sulfide) groups is 1. The van der Waals surface area contributed by atoms with Gasteiger partial charge in [-0.1, -0.05) is 18.2 Å². The number of hydrogen-bond acceptors (Lipinski definition) is 8. The van der Waals surface area contributed by atoms with Crippen LogP contribution in [0.4, 0.5) is 5.82 Å². The number of amides is 1. The Bertz CT molecular complexity index is 1050. The largest absolute Gasteiger partial charge is 0.462 e. The molecule has 3 rings (SSSR count). The van der Waals surface area contributed by atoms with Crippen molar-refractivity contribution in [3.8, 4) is 0 Å². The highest BCUT2D eigenvalue weighted by Crippen LogP contribution is 2.36. The first-order valence-electron chi connectivity index (χ1n) is 9.51. The number of nitrogens with one attached hydrogen (secondary N) is 1. The van der Waals surface area contributed by atoms with Crippen LogP contribution in [0.25, 0.3) is 10.2 Å². The molecule has 7 nitrogen and oxygen atoms in total. The molecule has 1 N–H and O–H groups in total. The smallest absolute Gasteiger partial charge is 0.348 e. The first kappa shape index (κ1) is 22.0. The summed E-state index contributed by atoms with van der Waals surface area (Å²) < 4.78 is 5.20. The highest BCUT2D eigenvalue weighted by Gasteiger charge is 2.23. The van der Waals surface area contributed by atoms with Crippen LogP contribution in [-0.4, -0.2) is 49.1 Å². The third kappa shape index (κ3) is 4.91. The zero-order chi connectivity index (χ0) is 21.7. The van der Waals surface area contributed by atoms with Gasteiger partial charge in [0.25, 0.3) is 0 Å². The number of thiophene rings is 1. The number of aryl methyl sites for hydroxylation is 1. The first-order chi connectivity index (χ1) is 14.4. The second kappa shape index (κ2) is 9.90. The minimum Gasteiger partial charge on any atom is -0.462 e. The Balaban J connectivity index is 2.03. The molecule has 0 aliphatic rings. The molecule has 2 heterocycles. The molecule has 0 saturated heterocycles. The molecule has 0 saturated carbocycles. The minimum atomic E-state index is -0.363. The van der Waals surface area contributed by atoms with Crippen LogP contribution in [-0.2, 0) is 15.3 Å². The number of hydrogen-bond donors (Lipinski definition) is 1. The zero-order valence-corrected chi connectivity index (χ0v) is 19.0. The fraction of sp³-hybridized carbons (Fsp3) is 0.333. The van der Waals surface area contributed by atoms with Crippen LogP contribution in [0.2, 0.25) is 0 Å². The van der Waals surface area contributed by atoms with Gasteiger partial charge in [-0.25, -0.2) is 14.8 Å². The predicted octanol–water partition coefficient (Wildman–Crippen LogP) is 3.65. The van der Waals surface area contributed by atoms with E-state index in [1.165, 1.54) is 11.3 Å². The molecule has 0 spiro atoms. The molecule has 0 fully saturated rings. The Labute approximate surface area is 183 Å². The fourth-order valence-corrected chi connectivity index (χ4v) is 4.79. The molecule has 1 amide bonds. The van der Waals surface area contributed by atoms with E-state index in [2.05, 4.69) is 5.32 Å². The minimum absolute atomic E-state index is 0.122. The quantitative estimate of drug-likeness (QED) is 0.419. The van der Waals surface area contributed by atoms with Crippen molar-refractivity contribution >= 4 is 51.0 Å². The van der Waals surface area contributed by atoms with Crippen LogP contribution in [0.1, 0.15) is 28.0 Å². The van der Waals surface area contributed by atoms with E-state index >= 15 is 0 Å². The number of likely N-dealkylation sites (N-methyl/N-ethyl adjacent to an activating group) is 2. The van der Waals surface area contributed by atoms with Crippen LogP contribution in [0.5, 0.6) is 0 Å². The van der Waals surface area contributed by atoms with Gasteiger partial charge in [-0.15, -0.1) is 23.1 Å². The van der Waals surface area contributed by atoms with Gasteiger partial charge < -0.3 is 15.0 Å². The number of fused-ring (bicyclic) bond motifs is 1. The number of carbonyl (C=O) groups is 2. The summed E-state index contributed by atoms with van der Waals surface area (Å²) in [4.78, 5) is 37.9. The van der Waals surface area contributed by atoms with Crippen molar-refractivity contribution in [2.45, 2.75) is 24.5 Å². The van der Waals surface area contributed by atoms with E-state index in [1.54, 1.807) is 30.6 Å². The van der Waals surface area contributed by atoms with E-state index in [4.69, 9.17) is 14.7 Å². The summed E-state index contributed by atoms with van der Waals surface area (Å²) in [7, 11) is 3.41. The summed E-state index contributed by atoms with van der Waals surface area (Å²) in [5.41, 5.74) is 0.773. The summed E-state index contributed by atoms with van der Waals surface area (Å²) >= 11 is 2.94. The molecule has 0 aliphatic heterocycles. The number of anilines is 1. The second-order valence-corrected chi connectivity index (χ2v) is 8.60. The van der Waals surface area contributed by atoms with E-state index in [9.17, 15) is 9.59 Å². The molecule has 158 valence electrons. The van der Waals surface area contributed by atoms with Crippen molar-refractivity contribution in [2.75, 3.05) is 32.1 Å². The third-order valence-electron chi connectivity index (χ3n) is 4.41. The Morgan fingerprint density at radius 3 is 2.63 bits per heavy atom. The summed E-state index contributed by atoms with van der Waals surface area (Å²) in [5.74, 6) is 1.37. The van der Waals surface area contributed by atoms with Crippen molar-refractivity contribution in [2.24, 2.45) is 0 Å². The summed E-state index contributed by atoms with van der Waals surface area (Å²) in [6.07, 6.45) is 0. The fourth-order valence-electron chi connectivity index (χ4n) is 2.93. The van der Waals surface area contributed by atoms with Gasteiger partial charge in [-0.3, -0.25) is 4.79 Å². The number of benzene rings is 1. The maximum absolute atomic E-state index is 12.4. The zero-order valence-electron chi connectivity index (χ0n) is 17.4.